The third-order valence-corrected chi connectivity index (χ3v) is 5.97. The van der Waals surface area contributed by atoms with Crippen LogP contribution in [0.25, 0.3) is 0 Å². The van der Waals surface area contributed by atoms with Gasteiger partial charge in [-0.05, 0) is 43.8 Å². The van der Waals surface area contributed by atoms with Gasteiger partial charge >= 0.3 is 5.97 Å². The number of hydrogen-bond donors (Lipinski definition) is 1. The molecule has 0 spiro atoms. The summed E-state index contributed by atoms with van der Waals surface area (Å²) in [5, 5.41) is 9.00. The van der Waals surface area contributed by atoms with Crippen LogP contribution in [0, 0.1) is 0 Å². The Kier molecular flexibility index (Phi) is 7.36. The highest BCUT2D eigenvalue weighted by atomic mass is 16.5. The summed E-state index contributed by atoms with van der Waals surface area (Å²) in [6.45, 7) is 7.22. The molecule has 2 aromatic rings. The molecule has 1 amide bonds. The van der Waals surface area contributed by atoms with Crippen LogP contribution < -0.4 is 10.3 Å². The van der Waals surface area contributed by atoms with Gasteiger partial charge in [0.1, 0.15) is 11.8 Å². The maximum absolute atomic E-state index is 13.2. The molecule has 0 aromatic heterocycles. The highest BCUT2D eigenvalue weighted by molar-refractivity contribution is 6.38. The number of amides is 1. The van der Waals surface area contributed by atoms with Crippen LogP contribution >= 0.6 is 0 Å². The number of anilines is 2. The number of rotatable bonds is 7. The topological polar surface area (TPSA) is 77.5 Å². The van der Waals surface area contributed by atoms with E-state index in [0.29, 0.717) is 0 Å². The minimum absolute atomic E-state index is 0.195. The fourth-order valence-electron chi connectivity index (χ4n) is 4.05. The van der Waals surface area contributed by atoms with Gasteiger partial charge < -0.3 is 15.0 Å². The zero-order valence-electron chi connectivity index (χ0n) is 19.2. The molecule has 1 atom stereocenters. The normalized spacial score (nSPS) is 19.3. The van der Waals surface area contributed by atoms with Crippen molar-refractivity contribution in [2.75, 3.05) is 50.2 Å². The van der Waals surface area contributed by atoms with Gasteiger partial charge in [-0.2, -0.15) is 5.10 Å². The number of likely N-dealkylation sites (N-methyl/N-ethyl adjacent to an activating group) is 1. The average Bonchev–Trinajstić information content (AvgIpc) is 3.29. The van der Waals surface area contributed by atoms with E-state index in [1.807, 2.05) is 42.5 Å². The van der Waals surface area contributed by atoms with Crippen LogP contribution in [0.2, 0.25) is 0 Å². The van der Waals surface area contributed by atoms with E-state index in [1.165, 1.54) is 5.56 Å². The summed E-state index contributed by atoms with van der Waals surface area (Å²) >= 11 is 0. The van der Waals surface area contributed by atoms with Crippen molar-refractivity contribution in [3.8, 4) is 0 Å². The molecule has 0 saturated carbocycles. The largest absolute Gasteiger partial charge is 0.461 e. The molecule has 1 N–H and O–H groups in total. The SMILES string of the molecule is CCOC(=O)C1=NN(c2ccccc2)C(C(=O)Nc2ccc(CN3CCN(C)CC3)cc2)C1. The number of esters is 1. The first kappa shape index (κ1) is 22.9. The van der Waals surface area contributed by atoms with Gasteiger partial charge in [-0.3, -0.25) is 14.7 Å². The van der Waals surface area contributed by atoms with Crippen molar-refractivity contribution in [3.63, 3.8) is 0 Å². The second-order valence-corrected chi connectivity index (χ2v) is 8.43. The van der Waals surface area contributed by atoms with Gasteiger partial charge in [0, 0.05) is 44.8 Å². The van der Waals surface area contributed by atoms with Crippen molar-refractivity contribution in [1.29, 1.82) is 0 Å². The summed E-state index contributed by atoms with van der Waals surface area (Å²) in [5.74, 6) is -0.698. The Hall–Kier alpha value is -3.23. The number of carbonyl (C=O) groups is 2. The molecule has 2 aromatic carbocycles. The van der Waals surface area contributed by atoms with Crippen molar-refractivity contribution < 1.29 is 14.3 Å². The Labute approximate surface area is 194 Å². The van der Waals surface area contributed by atoms with E-state index in [1.54, 1.807) is 11.9 Å². The lowest BCUT2D eigenvalue weighted by Crippen LogP contribution is -2.43. The number of benzene rings is 2. The van der Waals surface area contributed by atoms with Gasteiger partial charge in [-0.1, -0.05) is 30.3 Å². The van der Waals surface area contributed by atoms with E-state index in [0.717, 1.165) is 44.1 Å². The second-order valence-electron chi connectivity index (χ2n) is 8.43. The quantitative estimate of drug-likeness (QED) is 0.655. The number of ether oxygens (including phenoxy) is 1. The zero-order chi connectivity index (χ0) is 23.2. The number of hydrazone groups is 1. The smallest absolute Gasteiger partial charge is 0.354 e. The Balaban J connectivity index is 1.41. The van der Waals surface area contributed by atoms with Crippen molar-refractivity contribution in [1.82, 2.24) is 9.80 Å². The third-order valence-electron chi connectivity index (χ3n) is 5.97. The molecule has 0 aliphatic carbocycles. The van der Waals surface area contributed by atoms with Crippen LogP contribution in [0.1, 0.15) is 18.9 Å². The van der Waals surface area contributed by atoms with Gasteiger partial charge in [0.25, 0.3) is 0 Å². The lowest BCUT2D eigenvalue weighted by Gasteiger charge is -2.32. The van der Waals surface area contributed by atoms with Crippen LogP contribution in [0.15, 0.2) is 59.7 Å². The fourth-order valence-corrected chi connectivity index (χ4v) is 4.05. The van der Waals surface area contributed by atoms with E-state index in [4.69, 9.17) is 4.74 Å². The van der Waals surface area contributed by atoms with Gasteiger partial charge in [0.05, 0.1) is 12.3 Å². The molecule has 1 unspecified atom stereocenters. The molecular weight excluding hydrogens is 418 g/mol. The molecule has 2 heterocycles. The minimum atomic E-state index is -0.628. The number of carbonyl (C=O) groups excluding carboxylic acids is 2. The Morgan fingerprint density at radius 3 is 2.39 bits per heavy atom. The monoisotopic (exact) mass is 449 g/mol. The van der Waals surface area contributed by atoms with Crippen LogP contribution in [0.5, 0.6) is 0 Å². The summed E-state index contributed by atoms with van der Waals surface area (Å²) in [5.41, 5.74) is 2.94. The van der Waals surface area contributed by atoms with Gasteiger partial charge in [-0.15, -0.1) is 0 Å². The molecule has 0 radical (unpaired) electrons. The van der Waals surface area contributed by atoms with E-state index in [2.05, 4.69) is 39.4 Å². The Morgan fingerprint density at radius 2 is 1.73 bits per heavy atom. The molecule has 174 valence electrons. The van der Waals surface area contributed by atoms with Crippen molar-refractivity contribution in [2.24, 2.45) is 5.10 Å². The van der Waals surface area contributed by atoms with E-state index < -0.39 is 12.0 Å². The Morgan fingerprint density at radius 1 is 1.03 bits per heavy atom. The van der Waals surface area contributed by atoms with E-state index in [-0.39, 0.29) is 24.6 Å². The predicted molar refractivity (Wildman–Crippen MR) is 129 cm³/mol. The summed E-state index contributed by atoms with van der Waals surface area (Å²) in [6.07, 6.45) is 0.195. The third kappa shape index (κ3) is 5.77. The molecule has 2 aliphatic heterocycles. The van der Waals surface area contributed by atoms with Crippen LogP contribution in [-0.2, 0) is 20.9 Å². The molecule has 2 aliphatic rings. The molecule has 1 saturated heterocycles. The number of piperazine rings is 1. The lowest BCUT2D eigenvalue weighted by molar-refractivity contribution is -0.135. The van der Waals surface area contributed by atoms with Crippen LogP contribution in [0.3, 0.4) is 0 Å². The maximum atomic E-state index is 13.2. The number of para-hydroxylation sites is 1. The standard InChI is InChI=1S/C25H31N5O3/c1-3-33-25(32)22-17-23(30(27-22)21-7-5-4-6-8-21)24(31)26-20-11-9-19(10-12-20)18-29-15-13-28(2)14-16-29/h4-12,23H,3,13-18H2,1-2H3,(H,26,31). The highest BCUT2D eigenvalue weighted by Crippen LogP contribution is 2.26. The van der Waals surface area contributed by atoms with Crippen molar-refractivity contribution in [3.05, 3.63) is 60.2 Å². The Bertz CT molecular complexity index is 985. The lowest BCUT2D eigenvalue weighted by atomic mass is 10.1. The molecule has 8 nitrogen and oxygen atoms in total. The van der Waals surface area contributed by atoms with Crippen molar-refractivity contribution >= 4 is 29.0 Å². The predicted octanol–water partition coefficient (Wildman–Crippen LogP) is 2.57. The first-order valence-electron chi connectivity index (χ1n) is 11.4. The van der Waals surface area contributed by atoms with E-state index in [9.17, 15) is 9.59 Å². The van der Waals surface area contributed by atoms with Gasteiger partial charge in [-0.25, -0.2) is 4.79 Å². The van der Waals surface area contributed by atoms with Gasteiger partial charge in [0.2, 0.25) is 5.91 Å². The maximum Gasteiger partial charge on any atom is 0.354 e. The minimum Gasteiger partial charge on any atom is -0.461 e. The highest BCUT2D eigenvalue weighted by Gasteiger charge is 2.36. The fraction of sp³-hybridized carbons (Fsp3) is 0.400. The van der Waals surface area contributed by atoms with Crippen LogP contribution in [-0.4, -0.2) is 73.3 Å². The summed E-state index contributed by atoms with van der Waals surface area (Å²) < 4.78 is 5.10. The first-order chi connectivity index (χ1) is 16.0. The molecule has 8 heteroatoms. The van der Waals surface area contributed by atoms with Crippen molar-refractivity contribution in [2.45, 2.75) is 25.9 Å². The number of nitrogens with zero attached hydrogens (tertiary/aromatic N) is 4. The number of hydrogen-bond acceptors (Lipinski definition) is 7. The van der Waals surface area contributed by atoms with Gasteiger partial charge in [0.15, 0.2) is 0 Å². The van der Waals surface area contributed by atoms with E-state index >= 15 is 0 Å². The average molecular weight is 450 g/mol. The summed E-state index contributed by atoms with van der Waals surface area (Å²) in [6, 6.07) is 16.7. The molecular formula is C25H31N5O3. The first-order valence-corrected chi connectivity index (χ1v) is 11.4. The summed E-state index contributed by atoms with van der Waals surface area (Å²) in [7, 11) is 2.15. The molecule has 4 rings (SSSR count). The zero-order valence-corrected chi connectivity index (χ0v) is 19.2. The summed E-state index contributed by atoms with van der Waals surface area (Å²) in [4.78, 5) is 30.2. The second kappa shape index (κ2) is 10.6. The molecule has 33 heavy (non-hydrogen) atoms. The number of nitrogens with one attached hydrogen (secondary N) is 1. The molecule has 1 fully saturated rings. The molecule has 0 bridgehead atoms. The van der Waals surface area contributed by atoms with Crippen LogP contribution in [0.4, 0.5) is 11.4 Å².